The van der Waals surface area contributed by atoms with Crippen molar-refractivity contribution in [1.82, 2.24) is 25.4 Å². The minimum absolute atomic E-state index is 0.0566. The lowest BCUT2D eigenvalue weighted by atomic mass is 9.69. The maximum absolute atomic E-state index is 5.59. The highest BCUT2D eigenvalue weighted by Gasteiger charge is 2.35. The first kappa shape index (κ1) is 21.5. The summed E-state index contributed by atoms with van der Waals surface area (Å²) in [6.07, 6.45) is 9.67. The fraction of sp³-hybridized carbons (Fsp3) is 0.609. The molecule has 4 rings (SSSR count). The predicted octanol–water partition coefficient (Wildman–Crippen LogP) is 2.68. The van der Waals surface area contributed by atoms with Gasteiger partial charge in [0.1, 0.15) is 12.2 Å². The Balaban J connectivity index is 1.46. The number of benzene rings is 1. The molecule has 0 bridgehead atoms. The first-order chi connectivity index (χ1) is 15.2. The van der Waals surface area contributed by atoms with Gasteiger partial charge in [-0.05, 0) is 37.0 Å². The van der Waals surface area contributed by atoms with Crippen LogP contribution >= 0.6 is 0 Å². The third kappa shape index (κ3) is 4.62. The van der Waals surface area contributed by atoms with Gasteiger partial charge in [-0.2, -0.15) is 5.10 Å². The SMILES string of the molecule is CN=C(NCC1(c2ccc(OC)c(OC)c2)CCCCC1)NC1CCc2ncnn2C1. The van der Waals surface area contributed by atoms with Crippen molar-refractivity contribution in [1.29, 1.82) is 0 Å². The van der Waals surface area contributed by atoms with Crippen LogP contribution in [0.1, 0.15) is 49.9 Å². The maximum atomic E-state index is 5.59. The van der Waals surface area contributed by atoms with Crippen molar-refractivity contribution in [2.24, 2.45) is 4.99 Å². The van der Waals surface area contributed by atoms with Gasteiger partial charge in [0.15, 0.2) is 17.5 Å². The zero-order valence-corrected chi connectivity index (χ0v) is 18.9. The summed E-state index contributed by atoms with van der Waals surface area (Å²) in [6, 6.07) is 6.66. The molecule has 0 radical (unpaired) electrons. The van der Waals surface area contributed by atoms with Crippen LogP contribution in [0.4, 0.5) is 0 Å². The van der Waals surface area contributed by atoms with Gasteiger partial charge in [-0.3, -0.25) is 4.99 Å². The number of nitrogens with zero attached hydrogens (tertiary/aromatic N) is 4. The Morgan fingerprint density at radius 3 is 2.74 bits per heavy atom. The molecule has 2 aliphatic rings. The minimum Gasteiger partial charge on any atom is -0.493 e. The van der Waals surface area contributed by atoms with Crippen molar-refractivity contribution in [2.45, 2.75) is 62.9 Å². The molecule has 8 nitrogen and oxygen atoms in total. The van der Waals surface area contributed by atoms with E-state index < -0.39 is 0 Å². The Morgan fingerprint density at radius 2 is 2.00 bits per heavy atom. The topological polar surface area (TPSA) is 85.6 Å². The highest BCUT2D eigenvalue weighted by molar-refractivity contribution is 5.80. The number of aromatic nitrogens is 3. The number of aliphatic imine (C=N–C) groups is 1. The summed E-state index contributed by atoms with van der Waals surface area (Å²) < 4.78 is 13.0. The average Bonchev–Trinajstić information content (AvgIpc) is 3.29. The highest BCUT2D eigenvalue weighted by atomic mass is 16.5. The molecular weight excluding hydrogens is 392 g/mol. The molecule has 31 heavy (non-hydrogen) atoms. The van der Waals surface area contributed by atoms with E-state index in [0.29, 0.717) is 6.04 Å². The molecule has 1 aromatic carbocycles. The van der Waals surface area contributed by atoms with E-state index >= 15 is 0 Å². The fourth-order valence-corrected chi connectivity index (χ4v) is 4.96. The molecular formula is C23H34N6O2. The van der Waals surface area contributed by atoms with E-state index in [9.17, 15) is 0 Å². The number of rotatable bonds is 6. The van der Waals surface area contributed by atoms with Crippen LogP contribution < -0.4 is 20.1 Å². The van der Waals surface area contributed by atoms with Crippen molar-refractivity contribution >= 4 is 5.96 Å². The van der Waals surface area contributed by atoms with Crippen LogP contribution in [0, 0.1) is 0 Å². The van der Waals surface area contributed by atoms with Gasteiger partial charge < -0.3 is 20.1 Å². The summed E-state index contributed by atoms with van der Waals surface area (Å²) in [5, 5.41) is 11.5. The number of hydrogen-bond donors (Lipinski definition) is 2. The predicted molar refractivity (Wildman–Crippen MR) is 121 cm³/mol. The van der Waals surface area contributed by atoms with Gasteiger partial charge >= 0.3 is 0 Å². The number of hydrogen-bond acceptors (Lipinski definition) is 5. The van der Waals surface area contributed by atoms with E-state index in [2.05, 4.69) is 37.8 Å². The Morgan fingerprint density at radius 1 is 1.19 bits per heavy atom. The van der Waals surface area contributed by atoms with Crippen LogP contribution in [0.25, 0.3) is 0 Å². The van der Waals surface area contributed by atoms with Gasteiger partial charge in [-0.15, -0.1) is 0 Å². The second-order valence-electron chi connectivity index (χ2n) is 8.57. The van der Waals surface area contributed by atoms with Crippen molar-refractivity contribution in [3.05, 3.63) is 35.9 Å². The zero-order valence-electron chi connectivity index (χ0n) is 18.9. The van der Waals surface area contributed by atoms with E-state index in [1.54, 1.807) is 20.5 Å². The van der Waals surface area contributed by atoms with Crippen LogP contribution in [-0.4, -0.2) is 54.6 Å². The third-order valence-electron chi connectivity index (χ3n) is 6.77. The molecule has 8 heteroatoms. The maximum Gasteiger partial charge on any atom is 0.191 e. The number of fused-ring (bicyclic) bond motifs is 1. The normalized spacial score (nSPS) is 20.6. The Kier molecular flexibility index (Phi) is 6.63. The molecule has 1 aromatic heterocycles. The molecule has 1 atom stereocenters. The average molecular weight is 427 g/mol. The molecule has 1 fully saturated rings. The minimum atomic E-state index is 0.0566. The van der Waals surface area contributed by atoms with Crippen molar-refractivity contribution < 1.29 is 9.47 Å². The summed E-state index contributed by atoms with van der Waals surface area (Å²) in [7, 11) is 5.21. The molecule has 2 N–H and O–H groups in total. The van der Waals surface area contributed by atoms with Crippen LogP contribution in [0.3, 0.4) is 0 Å². The molecule has 0 saturated heterocycles. The smallest absolute Gasteiger partial charge is 0.191 e. The highest BCUT2D eigenvalue weighted by Crippen LogP contribution is 2.42. The van der Waals surface area contributed by atoms with Gasteiger partial charge in [0.05, 0.1) is 20.8 Å². The number of nitrogens with one attached hydrogen (secondary N) is 2. The van der Waals surface area contributed by atoms with E-state index in [-0.39, 0.29) is 5.41 Å². The third-order valence-corrected chi connectivity index (χ3v) is 6.77. The fourth-order valence-electron chi connectivity index (χ4n) is 4.96. The van der Waals surface area contributed by atoms with Crippen LogP contribution in [0.2, 0.25) is 0 Å². The standard InChI is InChI=1S/C23H34N6O2/c1-24-22(28-18-8-10-21-26-16-27-29(21)14-18)25-15-23(11-5-4-6-12-23)17-7-9-19(30-2)20(13-17)31-3/h7,9,13,16,18H,4-6,8,10-12,14-15H2,1-3H3,(H2,24,25,28). The summed E-state index contributed by atoms with van der Waals surface area (Å²) >= 11 is 0. The van der Waals surface area contributed by atoms with Gasteiger partial charge in [-0.25, -0.2) is 9.67 Å². The lowest BCUT2D eigenvalue weighted by Crippen LogP contribution is -2.51. The molecule has 0 spiro atoms. The summed E-state index contributed by atoms with van der Waals surface area (Å²) in [4.78, 5) is 8.82. The van der Waals surface area contributed by atoms with E-state index in [4.69, 9.17) is 9.47 Å². The lowest BCUT2D eigenvalue weighted by molar-refractivity contribution is 0.287. The number of aryl methyl sites for hydroxylation is 1. The largest absolute Gasteiger partial charge is 0.493 e. The Labute approximate surface area is 184 Å². The number of ether oxygens (including phenoxy) is 2. The van der Waals surface area contributed by atoms with Crippen LogP contribution in [0.5, 0.6) is 11.5 Å². The monoisotopic (exact) mass is 426 g/mol. The molecule has 1 aliphatic carbocycles. The second kappa shape index (κ2) is 9.58. The van der Waals surface area contributed by atoms with Gasteiger partial charge in [0.2, 0.25) is 0 Å². The quantitative estimate of drug-likeness (QED) is 0.546. The molecule has 1 aliphatic heterocycles. The van der Waals surface area contributed by atoms with E-state index in [1.165, 1.54) is 24.8 Å². The number of guanidine groups is 1. The first-order valence-corrected chi connectivity index (χ1v) is 11.2. The summed E-state index contributed by atoms with van der Waals surface area (Å²) in [5.41, 5.74) is 1.36. The summed E-state index contributed by atoms with van der Waals surface area (Å²) in [6.45, 7) is 1.65. The van der Waals surface area contributed by atoms with Gasteiger partial charge in [-0.1, -0.05) is 25.3 Å². The van der Waals surface area contributed by atoms with E-state index in [0.717, 1.165) is 62.1 Å². The van der Waals surface area contributed by atoms with Crippen molar-refractivity contribution in [3.63, 3.8) is 0 Å². The van der Waals surface area contributed by atoms with E-state index in [1.807, 2.05) is 17.8 Å². The molecule has 2 aromatic rings. The van der Waals surface area contributed by atoms with Crippen molar-refractivity contribution in [2.75, 3.05) is 27.8 Å². The van der Waals surface area contributed by atoms with Crippen LogP contribution in [-0.2, 0) is 18.4 Å². The Bertz CT molecular complexity index is 903. The first-order valence-electron chi connectivity index (χ1n) is 11.2. The molecule has 168 valence electrons. The molecule has 1 saturated carbocycles. The van der Waals surface area contributed by atoms with Gasteiger partial charge in [0, 0.05) is 31.5 Å². The number of methoxy groups -OCH3 is 2. The second-order valence-corrected chi connectivity index (χ2v) is 8.57. The Hall–Kier alpha value is -2.77. The zero-order chi connectivity index (χ0) is 21.7. The van der Waals surface area contributed by atoms with Gasteiger partial charge in [0.25, 0.3) is 0 Å². The van der Waals surface area contributed by atoms with Crippen LogP contribution in [0.15, 0.2) is 29.5 Å². The lowest BCUT2D eigenvalue weighted by Gasteiger charge is -2.39. The molecule has 1 unspecified atom stereocenters. The molecule has 0 amide bonds. The summed E-state index contributed by atoms with van der Waals surface area (Å²) in [5.74, 6) is 3.47. The van der Waals surface area contributed by atoms with Crippen molar-refractivity contribution in [3.8, 4) is 11.5 Å². The molecule has 2 heterocycles.